The van der Waals surface area contributed by atoms with E-state index in [9.17, 15) is 9.59 Å². The van der Waals surface area contributed by atoms with E-state index < -0.39 is 11.9 Å². The number of rotatable bonds is 4. The zero-order valence-corrected chi connectivity index (χ0v) is 8.33. The first kappa shape index (κ1) is 11.9. The SMILES string of the molecule is CCOC(=O)C(=O)OC(CC)CC. The van der Waals surface area contributed by atoms with Crippen LogP contribution < -0.4 is 0 Å². The fourth-order valence-electron chi connectivity index (χ4n) is 0.845. The van der Waals surface area contributed by atoms with Crippen LogP contribution in [0.15, 0.2) is 0 Å². The molecule has 0 atom stereocenters. The monoisotopic (exact) mass is 188 g/mol. The summed E-state index contributed by atoms with van der Waals surface area (Å²) >= 11 is 0. The Bertz CT molecular complexity index is 172. The molecule has 4 heteroatoms. The van der Waals surface area contributed by atoms with E-state index in [-0.39, 0.29) is 12.7 Å². The second-order valence-electron chi connectivity index (χ2n) is 2.56. The number of hydrogen-bond acceptors (Lipinski definition) is 4. The van der Waals surface area contributed by atoms with E-state index in [0.717, 1.165) is 0 Å². The maximum Gasteiger partial charge on any atom is 0.417 e. The van der Waals surface area contributed by atoms with E-state index in [0.29, 0.717) is 12.8 Å². The summed E-state index contributed by atoms with van der Waals surface area (Å²) in [6.45, 7) is 5.62. The number of carbonyl (C=O) groups excluding carboxylic acids is 2. The first-order valence-electron chi connectivity index (χ1n) is 4.53. The third-order valence-electron chi connectivity index (χ3n) is 1.63. The van der Waals surface area contributed by atoms with Gasteiger partial charge in [0.25, 0.3) is 0 Å². The first-order valence-corrected chi connectivity index (χ1v) is 4.53. The van der Waals surface area contributed by atoms with Gasteiger partial charge in [0.05, 0.1) is 6.61 Å². The van der Waals surface area contributed by atoms with Gasteiger partial charge < -0.3 is 9.47 Å². The Hall–Kier alpha value is -1.06. The molecule has 0 aromatic rings. The lowest BCUT2D eigenvalue weighted by Crippen LogP contribution is -2.25. The minimum atomic E-state index is -0.908. The summed E-state index contributed by atoms with van der Waals surface area (Å²) in [5.41, 5.74) is 0. The molecule has 0 aliphatic rings. The first-order chi connectivity index (χ1) is 6.15. The third kappa shape index (κ3) is 4.50. The smallest absolute Gasteiger partial charge is 0.417 e. The average molecular weight is 188 g/mol. The van der Waals surface area contributed by atoms with Crippen molar-refractivity contribution >= 4 is 11.9 Å². The highest BCUT2D eigenvalue weighted by atomic mass is 16.6. The van der Waals surface area contributed by atoms with Crippen LogP contribution in [0.4, 0.5) is 0 Å². The van der Waals surface area contributed by atoms with Gasteiger partial charge >= 0.3 is 11.9 Å². The third-order valence-corrected chi connectivity index (χ3v) is 1.63. The fourth-order valence-corrected chi connectivity index (χ4v) is 0.845. The maximum absolute atomic E-state index is 11.0. The van der Waals surface area contributed by atoms with Crippen molar-refractivity contribution in [3.8, 4) is 0 Å². The standard InChI is InChI=1S/C9H16O4/c1-4-7(5-2)13-9(11)8(10)12-6-3/h7H,4-6H2,1-3H3. The van der Waals surface area contributed by atoms with E-state index in [1.807, 2.05) is 13.8 Å². The predicted octanol–water partition coefficient (Wildman–Crippen LogP) is 1.28. The van der Waals surface area contributed by atoms with Crippen molar-refractivity contribution in [2.75, 3.05) is 6.61 Å². The highest BCUT2D eigenvalue weighted by Crippen LogP contribution is 2.03. The Kier molecular flexibility index (Phi) is 5.93. The molecule has 0 unspecified atom stereocenters. The van der Waals surface area contributed by atoms with Crippen molar-refractivity contribution in [3.05, 3.63) is 0 Å². The molecule has 0 amide bonds. The van der Waals surface area contributed by atoms with Crippen LogP contribution in [0.2, 0.25) is 0 Å². The van der Waals surface area contributed by atoms with Crippen molar-refractivity contribution < 1.29 is 19.1 Å². The van der Waals surface area contributed by atoms with Crippen molar-refractivity contribution in [3.63, 3.8) is 0 Å². The molecule has 0 bridgehead atoms. The zero-order valence-electron chi connectivity index (χ0n) is 8.33. The summed E-state index contributed by atoms with van der Waals surface area (Å²) in [6, 6.07) is 0. The van der Waals surface area contributed by atoms with Gasteiger partial charge in [0.2, 0.25) is 0 Å². The van der Waals surface area contributed by atoms with E-state index in [2.05, 4.69) is 4.74 Å². The molecule has 0 spiro atoms. The minimum absolute atomic E-state index is 0.183. The van der Waals surface area contributed by atoms with Gasteiger partial charge in [-0.1, -0.05) is 13.8 Å². The summed E-state index contributed by atoms with van der Waals surface area (Å²) in [5.74, 6) is -1.80. The van der Waals surface area contributed by atoms with Crippen LogP contribution in [0.5, 0.6) is 0 Å². The topological polar surface area (TPSA) is 52.6 Å². The highest BCUT2D eigenvalue weighted by Gasteiger charge is 2.19. The zero-order chi connectivity index (χ0) is 10.3. The Labute approximate surface area is 78.2 Å². The van der Waals surface area contributed by atoms with Gasteiger partial charge in [0.15, 0.2) is 0 Å². The summed E-state index contributed by atoms with van der Waals surface area (Å²) in [5, 5.41) is 0. The molecule has 4 nitrogen and oxygen atoms in total. The molecular weight excluding hydrogens is 172 g/mol. The van der Waals surface area contributed by atoms with E-state index in [4.69, 9.17) is 4.74 Å². The minimum Gasteiger partial charge on any atom is -0.458 e. The van der Waals surface area contributed by atoms with Crippen LogP contribution in [0.3, 0.4) is 0 Å². The number of ether oxygens (including phenoxy) is 2. The Balaban J connectivity index is 3.90. The van der Waals surface area contributed by atoms with E-state index in [1.54, 1.807) is 6.92 Å². The van der Waals surface area contributed by atoms with Crippen molar-refractivity contribution in [2.45, 2.75) is 39.7 Å². The molecule has 0 saturated carbocycles. The molecule has 0 N–H and O–H groups in total. The van der Waals surface area contributed by atoms with Gasteiger partial charge in [-0.15, -0.1) is 0 Å². The lowest BCUT2D eigenvalue weighted by Gasteiger charge is -2.12. The Morgan fingerprint density at radius 3 is 2.00 bits per heavy atom. The quantitative estimate of drug-likeness (QED) is 0.492. The van der Waals surface area contributed by atoms with E-state index >= 15 is 0 Å². The Morgan fingerprint density at radius 2 is 1.62 bits per heavy atom. The average Bonchev–Trinajstić information content (AvgIpc) is 2.14. The van der Waals surface area contributed by atoms with Crippen LogP contribution in [0, 0.1) is 0 Å². The molecule has 13 heavy (non-hydrogen) atoms. The van der Waals surface area contributed by atoms with Crippen LogP contribution >= 0.6 is 0 Å². The van der Waals surface area contributed by atoms with Gasteiger partial charge in [-0.05, 0) is 19.8 Å². The summed E-state index contributed by atoms with van der Waals surface area (Å²) in [6.07, 6.45) is 1.24. The van der Waals surface area contributed by atoms with Crippen molar-refractivity contribution in [2.24, 2.45) is 0 Å². The summed E-state index contributed by atoms with van der Waals surface area (Å²) in [4.78, 5) is 21.8. The van der Waals surface area contributed by atoms with Gasteiger partial charge in [-0.25, -0.2) is 9.59 Å². The number of esters is 2. The van der Waals surface area contributed by atoms with E-state index in [1.165, 1.54) is 0 Å². The normalized spacial score (nSPS) is 9.85. The molecule has 0 radical (unpaired) electrons. The maximum atomic E-state index is 11.0. The second-order valence-corrected chi connectivity index (χ2v) is 2.56. The molecule has 0 aromatic carbocycles. The number of carbonyl (C=O) groups is 2. The van der Waals surface area contributed by atoms with Crippen LogP contribution in [-0.2, 0) is 19.1 Å². The van der Waals surface area contributed by atoms with Crippen molar-refractivity contribution in [1.82, 2.24) is 0 Å². The molecule has 0 aliphatic heterocycles. The van der Waals surface area contributed by atoms with Crippen molar-refractivity contribution in [1.29, 1.82) is 0 Å². The van der Waals surface area contributed by atoms with Crippen LogP contribution in [0.1, 0.15) is 33.6 Å². The summed E-state index contributed by atoms with van der Waals surface area (Å²) < 4.78 is 9.33. The largest absolute Gasteiger partial charge is 0.458 e. The highest BCUT2D eigenvalue weighted by molar-refractivity contribution is 6.29. The molecular formula is C9H16O4. The lowest BCUT2D eigenvalue weighted by atomic mass is 10.2. The lowest BCUT2D eigenvalue weighted by molar-refractivity contribution is -0.170. The molecule has 0 aromatic heterocycles. The summed E-state index contributed by atoms with van der Waals surface area (Å²) in [7, 11) is 0. The van der Waals surface area contributed by atoms with Crippen LogP contribution in [-0.4, -0.2) is 24.6 Å². The molecule has 0 saturated heterocycles. The number of hydrogen-bond donors (Lipinski definition) is 0. The van der Waals surface area contributed by atoms with Gasteiger partial charge in [0.1, 0.15) is 6.10 Å². The molecule has 0 aliphatic carbocycles. The predicted molar refractivity (Wildman–Crippen MR) is 47.1 cm³/mol. The van der Waals surface area contributed by atoms with Gasteiger partial charge in [-0.2, -0.15) is 0 Å². The molecule has 0 rings (SSSR count). The fraction of sp³-hybridized carbons (Fsp3) is 0.778. The van der Waals surface area contributed by atoms with Gasteiger partial charge in [0, 0.05) is 0 Å². The van der Waals surface area contributed by atoms with Crippen LogP contribution in [0.25, 0.3) is 0 Å². The molecule has 0 fully saturated rings. The molecule has 0 heterocycles. The van der Waals surface area contributed by atoms with Gasteiger partial charge in [-0.3, -0.25) is 0 Å². The Morgan fingerprint density at radius 1 is 1.08 bits per heavy atom. The molecule has 76 valence electrons. The second kappa shape index (κ2) is 6.46.